The van der Waals surface area contributed by atoms with Gasteiger partial charge in [0.1, 0.15) is 6.29 Å². The number of aryl methyl sites for hydroxylation is 1. The van der Waals surface area contributed by atoms with Crippen molar-refractivity contribution in [3.63, 3.8) is 0 Å². The van der Waals surface area contributed by atoms with Crippen molar-refractivity contribution in [1.29, 1.82) is 0 Å². The molecule has 17 heavy (non-hydrogen) atoms. The zero-order chi connectivity index (χ0) is 12.5. The molecule has 0 fully saturated rings. The lowest BCUT2D eigenvalue weighted by Crippen LogP contribution is -2.04. The third-order valence-corrected chi connectivity index (χ3v) is 3.17. The Balaban J connectivity index is 2.44. The van der Waals surface area contributed by atoms with E-state index in [1.54, 1.807) is 0 Å². The molecule has 4 nitrogen and oxygen atoms in total. The molecule has 0 spiro atoms. The lowest BCUT2D eigenvalue weighted by Gasteiger charge is -2.13. The Labute approximate surface area is 99.4 Å². The van der Waals surface area contributed by atoms with Crippen molar-refractivity contribution in [3.05, 3.63) is 42.0 Å². The highest BCUT2D eigenvalue weighted by Crippen LogP contribution is 2.36. The standard InChI is InChI=1S/C12H14NO3P/c1-9-6-7-10-4-2-3-5-11(10)12(9)13-8-17(14,15)16/h2-7,13H,8H2,1H3,(H2,14,15,16). The van der Waals surface area contributed by atoms with Gasteiger partial charge in [0.05, 0.1) is 0 Å². The van der Waals surface area contributed by atoms with Crippen LogP contribution in [0.3, 0.4) is 0 Å². The van der Waals surface area contributed by atoms with Crippen LogP contribution in [0.4, 0.5) is 5.69 Å². The van der Waals surface area contributed by atoms with Crippen LogP contribution in [-0.2, 0) is 4.57 Å². The molecule has 0 aliphatic rings. The van der Waals surface area contributed by atoms with E-state index in [1.165, 1.54) is 0 Å². The minimum atomic E-state index is -4.04. The molecule has 0 amide bonds. The van der Waals surface area contributed by atoms with Crippen LogP contribution in [-0.4, -0.2) is 16.1 Å². The number of nitrogens with one attached hydrogen (secondary N) is 1. The van der Waals surface area contributed by atoms with Gasteiger partial charge in [0.25, 0.3) is 0 Å². The van der Waals surface area contributed by atoms with Crippen molar-refractivity contribution in [2.45, 2.75) is 6.92 Å². The third kappa shape index (κ3) is 2.86. The van der Waals surface area contributed by atoms with Gasteiger partial charge in [0.2, 0.25) is 0 Å². The molecule has 0 aromatic heterocycles. The van der Waals surface area contributed by atoms with Crippen LogP contribution in [0.25, 0.3) is 10.8 Å². The average molecular weight is 251 g/mol. The lowest BCUT2D eigenvalue weighted by atomic mass is 10.1. The predicted octanol–water partition coefficient (Wildman–Crippen LogP) is 2.70. The molecule has 2 rings (SSSR count). The van der Waals surface area contributed by atoms with Gasteiger partial charge in [-0.1, -0.05) is 36.4 Å². The molecule has 0 radical (unpaired) electrons. The summed E-state index contributed by atoms with van der Waals surface area (Å²) < 4.78 is 10.9. The Morgan fingerprint density at radius 3 is 2.59 bits per heavy atom. The van der Waals surface area contributed by atoms with Gasteiger partial charge in [-0.2, -0.15) is 0 Å². The summed E-state index contributed by atoms with van der Waals surface area (Å²) in [5.41, 5.74) is 1.75. The second-order valence-corrected chi connectivity index (χ2v) is 5.62. The van der Waals surface area contributed by atoms with E-state index < -0.39 is 7.60 Å². The Hall–Kier alpha value is -1.35. The van der Waals surface area contributed by atoms with E-state index in [4.69, 9.17) is 9.79 Å². The van der Waals surface area contributed by atoms with E-state index in [-0.39, 0.29) is 6.29 Å². The topological polar surface area (TPSA) is 69.6 Å². The van der Waals surface area contributed by atoms with E-state index in [0.29, 0.717) is 0 Å². The molecule has 0 unspecified atom stereocenters. The number of benzene rings is 2. The normalized spacial score (nSPS) is 11.7. The second-order valence-electron chi connectivity index (χ2n) is 3.98. The van der Waals surface area contributed by atoms with Crippen molar-refractivity contribution in [2.75, 3.05) is 11.6 Å². The molecular formula is C12H14NO3P. The summed E-state index contributed by atoms with van der Waals surface area (Å²) in [4.78, 5) is 17.8. The molecule has 0 heterocycles. The molecule has 0 aliphatic carbocycles. The lowest BCUT2D eigenvalue weighted by molar-refractivity contribution is 0.375. The summed E-state index contributed by atoms with van der Waals surface area (Å²) in [5.74, 6) is 0. The fourth-order valence-corrected chi connectivity index (χ4v) is 2.16. The van der Waals surface area contributed by atoms with E-state index in [9.17, 15) is 4.57 Å². The summed E-state index contributed by atoms with van der Waals surface area (Å²) in [6.45, 7) is 1.91. The summed E-state index contributed by atoms with van der Waals surface area (Å²) in [6, 6.07) is 11.7. The van der Waals surface area contributed by atoms with Crippen LogP contribution < -0.4 is 5.32 Å². The summed E-state index contributed by atoms with van der Waals surface area (Å²) in [6.07, 6.45) is -0.345. The van der Waals surface area contributed by atoms with Gasteiger partial charge in [0, 0.05) is 11.1 Å². The van der Waals surface area contributed by atoms with Crippen LogP contribution in [0.5, 0.6) is 0 Å². The predicted molar refractivity (Wildman–Crippen MR) is 69.2 cm³/mol. The minimum Gasteiger partial charge on any atom is -0.373 e. The Morgan fingerprint density at radius 1 is 1.18 bits per heavy atom. The van der Waals surface area contributed by atoms with Gasteiger partial charge in [-0.3, -0.25) is 4.57 Å². The molecule has 90 valence electrons. The molecular weight excluding hydrogens is 237 g/mol. The fourth-order valence-electron chi connectivity index (χ4n) is 1.80. The maximum Gasteiger partial charge on any atom is 0.344 e. The average Bonchev–Trinajstić information content (AvgIpc) is 2.26. The number of anilines is 1. The zero-order valence-corrected chi connectivity index (χ0v) is 10.3. The van der Waals surface area contributed by atoms with E-state index in [2.05, 4.69) is 5.32 Å². The molecule has 0 saturated carbocycles. The molecule has 2 aromatic rings. The summed E-state index contributed by atoms with van der Waals surface area (Å²) >= 11 is 0. The van der Waals surface area contributed by atoms with Gasteiger partial charge >= 0.3 is 7.60 Å². The van der Waals surface area contributed by atoms with Crippen molar-refractivity contribution in [3.8, 4) is 0 Å². The van der Waals surface area contributed by atoms with Crippen LogP contribution in [0.2, 0.25) is 0 Å². The van der Waals surface area contributed by atoms with Crippen molar-refractivity contribution >= 4 is 24.1 Å². The third-order valence-electron chi connectivity index (χ3n) is 2.60. The molecule has 0 bridgehead atoms. The van der Waals surface area contributed by atoms with Crippen LogP contribution in [0.1, 0.15) is 5.56 Å². The molecule has 0 saturated heterocycles. The monoisotopic (exact) mass is 251 g/mol. The molecule has 0 aliphatic heterocycles. The van der Waals surface area contributed by atoms with Gasteiger partial charge in [-0.25, -0.2) is 0 Å². The molecule has 0 atom stereocenters. The summed E-state index contributed by atoms with van der Waals surface area (Å²) in [5, 5.41) is 4.85. The first-order chi connectivity index (χ1) is 7.97. The Bertz CT molecular complexity index is 591. The highest BCUT2D eigenvalue weighted by Gasteiger charge is 2.13. The SMILES string of the molecule is Cc1ccc2ccccc2c1NCP(=O)(O)O. The maximum absolute atomic E-state index is 10.9. The van der Waals surface area contributed by atoms with Gasteiger partial charge < -0.3 is 15.1 Å². The number of hydrogen-bond acceptors (Lipinski definition) is 2. The highest BCUT2D eigenvalue weighted by molar-refractivity contribution is 7.51. The second kappa shape index (κ2) is 4.49. The van der Waals surface area contributed by atoms with Crippen LogP contribution in [0.15, 0.2) is 36.4 Å². The smallest absolute Gasteiger partial charge is 0.344 e. The molecule has 2 aromatic carbocycles. The van der Waals surface area contributed by atoms with Crippen LogP contribution in [0, 0.1) is 6.92 Å². The first kappa shape index (κ1) is 12.1. The van der Waals surface area contributed by atoms with Crippen molar-refractivity contribution in [2.24, 2.45) is 0 Å². The number of rotatable bonds is 3. The number of hydrogen-bond donors (Lipinski definition) is 3. The highest BCUT2D eigenvalue weighted by atomic mass is 31.2. The first-order valence-electron chi connectivity index (χ1n) is 5.24. The van der Waals surface area contributed by atoms with Gasteiger partial charge in [0.15, 0.2) is 0 Å². The van der Waals surface area contributed by atoms with E-state index in [0.717, 1.165) is 22.0 Å². The fraction of sp³-hybridized carbons (Fsp3) is 0.167. The minimum absolute atomic E-state index is 0.345. The Kier molecular flexibility index (Phi) is 3.20. The van der Waals surface area contributed by atoms with E-state index in [1.807, 2.05) is 43.3 Å². The summed E-state index contributed by atoms with van der Waals surface area (Å²) in [7, 11) is -4.04. The maximum atomic E-state index is 10.9. The first-order valence-corrected chi connectivity index (χ1v) is 7.04. The van der Waals surface area contributed by atoms with Crippen molar-refractivity contribution in [1.82, 2.24) is 0 Å². The molecule has 3 N–H and O–H groups in total. The van der Waals surface area contributed by atoms with Crippen molar-refractivity contribution < 1.29 is 14.4 Å². The Morgan fingerprint density at radius 2 is 1.88 bits per heavy atom. The quantitative estimate of drug-likeness (QED) is 0.733. The molecule has 5 heteroatoms. The van der Waals surface area contributed by atoms with Gasteiger partial charge in [-0.05, 0) is 17.9 Å². The van der Waals surface area contributed by atoms with E-state index >= 15 is 0 Å². The van der Waals surface area contributed by atoms with Gasteiger partial charge in [-0.15, -0.1) is 0 Å². The number of fused-ring (bicyclic) bond motifs is 1. The largest absolute Gasteiger partial charge is 0.373 e. The van der Waals surface area contributed by atoms with Crippen LogP contribution >= 0.6 is 7.60 Å². The zero-order valence-electron chi connectivity index (χ0n) is 9.42.